The molecule has 0 radical (unpaired) electrons. The van der Waals surface area contributed by atoms with Gasteiger partial charge in [-0.3, -0.25) is 10.1 Å². The van der Waals surface area contributed by atoms with E-state index >= 15 is 0 Å². The number of hydrogen-bond acceptors (Lipinski definition) is 2. The second-order valence-corrected chi connectivity index (χ2v) is 6.60. The lowest BCUT2D eigenvalue weighted by Crippen LogP contribution is -2.38. The van der Waals surface area contributed by atoms with E-state index < -0.39 is 0 Å². The van der Waals surface area contributed by atoms with Gasteiger partial charge in [-0.05, 0) is 49.8 Å². The molecule has 1 saturated carbocycles. The predicted octanol–water partition coefficient (Wildman–Crippen LogP) is 3.35. The molecule has 108 valence electrons. The van der Waals surface area contributed by atoms with Gasteiger partial charge in [-0.2, -0.15) is 0 Å². The van der Waals surface area contributed by atoms with Crippen LogP contribution >= 0.6 is 11.6 Å². The van der Waals surface area contributed by atoms with E-state index in [2.05, 4.69) is 17.1 Å². The molecule has 1 aromatic carbocycles. The first-order valence-corrected chi connectivity index (χ1v) is 7.77. The number of benzene rings is 1. The number of carbonyl (C=O) groups excluding carboxylic acids is 1. The molecule has 1 heterocycles. The first-order chi connectivity index (χ1) is 9.56. The number of amides is 1. The molecule has 1 N–H and O–H groups in total. The van der Waals surface area contributed by atoms with Gasteiger partial charge in [-0.15, -0.1) is 0 Å². The zero-order valence-electron chi connectivity index (χ0n) is 12.0. The molecule has 1 amide bonds. The van der Waals surface area contributed by atoms with Crippen LogP contribution in [0.5, 0.6) is 0 Å². The maximum absolute atomic E-state index is 12.5. The van der Waals surface area contributed by atoms with Gasteiger partial charge in [0, 0.05) is 11.1 Å². The molecule has 3 nitrogen and oxygen atoms in total. The molecule has 0 spiro atoms. The van der Waals surface area contributed by atoms with Crippen LogP contribution in [0.15, 0.2) is 24.3 Å². The number of hydrogen-bond donors (Lipinski definition) is 1. The molecule has 20 heavy (non-hydrogen) atoms. The molecular weight excluding hydrogens is 272 g/mol. The Morgan fingerprint density at radius 1 is 1.20 bits per heavy atom. The summed E-state index contributed by atoms with van der Waals surface area (Å²) in [6.45, 7) is 4.22. The lowest BCUT2D eigenvalue weighted by atomic mass is 10.1. The van der Waals surface area contributed by atoms with Gasteiger partial charge in [0.25, 0.3) is 0 Å². The molecular formula is C16H21ClN2O. The third-order valence-electron chi connectivity index (χ3n) is 4.56. The highest BCUT2D eigenvalue weighted by Crippen LogP contribution is 2.36. The molecule has 0 bridgehead atoms. The molecule has 4 atom stereocenters. The number of carbonyl (C=O) groups is 1. The number of nitrogens with one attached hydrogen (secondary N) is 1. The summed E-state index contributed by atoms with van der Waals surface area (Å²) in [5, 5.41) is 4.14. The molecule has 1 saturated heterocycles. The Morgan fingerprint density at radius 3 is 2.50 bits per heavy atom. The predicted molar refractivity (Wildman–Crippen MR) is 80.4 cm³/mol. The van der Waals surface area contributed by atoms with Gasteiger partial charge in [0.05, 0.1) is 6.04 Å². The molecule has 2 aliphatic rings. The van der Waals surface area contributed by atoms with Crippen molar-refractivity contribution in [1.29, 1.82) is 0 Å². The van der Waals surface area contributed by atoms with Crippen molar-refractivity contribution >= 4 is 17.5 Å². The van der Waals surface area contributed by atoms with Crippen LogP contribution in [-0.4, -0.2) is 22.9 Å². The van der Waals surface area contributed by atoms with Crippen molar-refractivity contribution in [3.63, 3.8) is 0 Å². The highest BCUT2D eigenvalue weighted by Gasteiger charge is 2.42. The third-order valence-corrected chi connectivity index (χ3v) is 4.81. The maximum atomic E-state index is 12.5. The average molecular weight is 293 g/mol. The fourth-order valence-electron chi connectivity index (χ4n) is 3.46. The number of rotatable bonds is 2. The number of nitrogens with zero attached hydrogens (tertiary/aromatic N) is 1. The average Bonchev–Trinajstić information content (AvgIpc) is 2.96. The smallest absolute Gasteiger partial charge is 0.241 e. The van der Waals surface area contributed by atoms with Crippen LogP contribution in [0.2, 0.25) is 5.02 Å². The minimum atomic E-state index is -0.105. The summed E-state index contributed by atoms with van der Waals surface area (Å²) in [7, 11) is 0. The van der Waals surface area contributed by atoms with E-state index in [4.69, 9.17) is 11.6 Å². The molecule has 4 heteroatoms. The zero-order valence-corrected chi connectivity index (χ0v) is 12.7. The third kappa shape index (κ3) is 2.45. The van der Waals surface area contributed by atoms with Gasteiger partial charge >= 0.3 is 0 Å². The molecule has 1 aliphatic carbocycles. The molecule has 1 aliphatic heterocycles. The van der Waals surface area contributed by atoms with Gasteiger partial charge in [-0.25, -0.2) is 0 Å². The summed E-state index contributed by atoms with van der Waals surface area (Å²) < 4.78 is 0. The molecule has 1 aromatic rings. The Morgan fingerprint density at radius 2 is 1.90 bits per heavy atom. The van der Waals surface area contributed by atoms with Gasteiger partial charge in [0.15, 0.2) is 0 Å². The first kappa shape index (κ1) is 13.9. The van der Waals surface area contributed by atoms with Crippen molar-refractivity contribution < 1.29 is 4.79 Å². The summed E-state index contributed by atoms with van der Waals surface area (Å²) in [4.78, 5) is 14.6. The lowest BCUT2D eigenvalue weighted by molar-refractivity contribution is -0.132. The SMILES string of the molecule is CC1CCC(N2C(=O)C(C)NC2c2ccc(Cl)cc2)C1. The molecule has 4 unspecified atom stereocenters. The lowest BCUT2D eigenvalue weighted by Gasteiger charge is -2.30. The van der Waals surface area contributed by atoms with Crippen molar-refractivity contribution in [1.82, 2.24) is 10.2 Å². The quantitative estimate of drug-likeness (QED) is 0.907. The second kappa shape index (κ2) is 5.38. The van der Waals surface area contributed by atoms with E-state index in [9.17, 15) is 4.79 Å². The highest BCUT2D eigenvalue weighted by atomic mass is 35.5. The molecule has 3 rings (SSSR count). The monoisotopic (exact) mass is 292 g/mol. The van der Waals surface area contributed by atoms with E-state index in [0.29, 0.717) is 6.04 Å². The van der Waals surface area contributed by atoms with Gasteiger partial charge < -0.3 is 4.90 Å². The van der Waals surface area contributed by atoms with Crippen molar-refractivity contribution in [2.75, 3.05) is 0 Å². The Hall–Kier alpha value is -1.06. The van der Waals surface area contributed by atoms with Crippen molar-refractivity contribution in [3.05, 3.63) is 34.9 Å². The Labute approximate surface area is 125 Å². The Balaban J connectivity index is 1.88. The van der Waals surface area contributed by atoms with Crippen LogP contribution in [0.25, 0.3) is 0 Å². The van der Waals surface area contributed by atoms with E-state index in [-0.39, 0.29) is 18.1 Å². The highest BCUT2D eigenvalue weighted by molar-refractivity contribution is 6.30. The van der Waals surface area contributed by atoms with E-state index in [1.807, 2.05) is 31.2 Å². The van der Waals surface area contributed by atoms with Crippen LogP contribution in [0.1, 0.15) is 44.8 Å². The van der Waals surface area contributed by atoms with Crippen LogP contribution < -0.4 is 5.32 Å². The topological polar surface area (TPSA) is 32.3 Å². The fraction of sp³-hybridized carbons (Fsp3) is 0.562. The summed E-state index contributed by atoms with van der Waals surface area (Å²) in [6, 6.07) is 8.07. The molecule has 2 fully saturated rings. The standard InChI is InChI=1S/C16H21ClN2O/c1-10-3-8-14(9-10)19-15(18-11(2)16(19)20)12-4-6-13(17)7-5-12/h4-7,10-11,14-15,18H,3,8-9H2,1-2H3. The number of halogens is 1. The van der Waals surface area contributed by atoms with E-state index in [1.165, 1.54) is 6.42 Å². The van der Waals surface area contributed by atoms with E-state index in [0.717, 1.165) is 29.3 Å². The fourth-order valence-corrected chi connectivity index (χ4v) is 3.59. The van der Waals surface area contributed by atoms with Crippen molar-refractivity contribution in [2.24, 2.45) is 5.92 Å². The first-order valence-electron chi connectivity index (χ1n) is 7.40. The van der Waals surface area contributed by atoms with Crippen LogP contribution in [0.3, 0.4) is 0 Å². The summed E-state index contributed by atoms with van der Waals surface area (Å²) in [5.74, 6) is 0.943. The van der Waals surface area contributed by atoms with Crippen LogP contribution in [0.4, 0.5) is 0 Å². The summed E-state index contributed by atoms with van der Waals surface area (Å²) >= 11 is 5.96. The Bertz CT molecular complexity index is 502. The normalized spacial score (nSPS) is 34.0. The summed E-state index contributed by atoms with van der Waals surface area (Å²) in [5.41, 5.74) is 1.12. The van der Waals surface area contributed by atoms with Crippen LogP contribution in [-0.2, 0) is 4.79 Å². The second-order valence-electron chi connectivity index (χ2n) is 6.16. The maximum Gasteiger partial charge on any atom is 0.241 e. The molecule has 0 aromatic heterocycles. The van der Waals surface area contributed by atoms with Crippen molar-refractivity contribution in [3.8, 4) is 0 Å². The zero-order chi connectivity index (χ0) is 14.3. The van der Waals surface area contributed by atoms with Crippen LogP contribution in [0, 0.1) is 5.92 Å². The minimum Gasteiger partial charge on any atom is -0.319 e. The van der Waals surface area contributed by atoms with E-state index in [1.54, 1.807) is 0 Å². The van der Waals surface area contributed by atoms with Gasteiger partial charge in [0.1, 0.15) is 6.17 Å². The summed E-state index contributed by atoms with van der Waals surface area (Å²) in [6.07, 6.45) is 3.44. The van der Waals surface area contributed by atoms with Gasteiger partial charge in [-0.1, -0.05) is 30.7 Å². The Kier molecular flexibility index (Phi) is 3.74. The van der Waals surface area contributed by atoms with Gasteiger partial charge in [0.2, 0.25) is 5.91 Å². The van der Waals surface area contributed by atoms with Crippen molar-refractivity contribution in [2.45, 2.75) is 51.4 Å². The minimum absolute atomic E-state index is 0.00920. The largest absolute Gasteiger partial charge is 0.319 e.